The van der Waals surface area contributed by atoms with E-state index in [2.05, 4.69) is 20.5 Å². The molecule has 0 bridgehead atoms. The van der Waals surface area contributed by atoms with E-state index in [0.29, 0.717) is 18.1 Å². The number of rotatable bonds is 8. The van der Waals surface area contributed by atoms with Crippen LogP contribution in [0.3, 0.4) is 0 Å². The molecule has 2 aromatic rings. The number of aliphatic imine (C=N–C) groups is 1. The number of guanidine groups is 1. The number of nitrogens with one attached hydrogen (secondary N) is 2. The number of nitro groups is 1. The highest BCUT2D eigenvalue weighted by atomic mass is 127. The molecule has 32 heavy (non-hydrogen) atoms. The average Bonchev–Trinajstić information content (AvgIpc) is 3.26. The molecule has 0 aliphatic carbocycles. The zero-order valence-electron chi connectivity index (χ0n) is 18.5. The van der Waals surface area contributed by atoms with Crippen LogP contribution in [-0.2, 0) is 6.54 Å². The van der Waals surface area contributed by atoms with Gasteiger partial charge in [0.1, 0.15) is 11.5 Å². The van der Waals surface area contributed by atoms with Crippen molar-refractivity contribution in [3.8, 4) is 11.5 Å². The minimum Gasteiger partial charge on any atom is -0.497 e. The summed E-state index contributed by atoms with van der Waals surface area (Å²) in [4.78, 5) is 17.7. The fourth-order valence-electron chi connectivity index (χ4n) is 3.59. The first kappa shape index (κ1) is 25.5. The number of para-hydroxylation sites is 1. The van der Waals surface area contributed by atoms with Crippen molar-refractivity contribution in [2.45, 2.75) is 25.9 Å². The molecule has 1 atom stereocenters. The van der Waals surface area contributed by atoms with Gasteiger partial charge in [0.25, 0.3) is 5.69 Å². The summed E-state index contributed by atoms with van der Waals surface area (Å²) in [6.45, 7) is 4.61. The molecule has 1 unspecified atom stereocenters. The molecule has 1 fully saturated rings. The SMILES string of the molecule is CCNC(=NCc1ccccc1[N+](=O)[O-])NC1CCN(c2cc(OC)cc(OC)c2)C1.I. The lowest BCUT2D eigenvalue weighted by Gasteiger charge is -2.21. The van der Waals surface area contributed by atoms with Crippen molar-refractivity contribution >= 4 is 41.3 Å². The summed E-state index contributed by atoms with van der Waals surface area (Å²) < 4.78 is 10.8. The lowest BCUT2D eigenvalue weighted by Crippen LogP contribution is -2.44. The molecule has 0 spiro atoms. The summed E-state index contributed by atoms with van der Waals surface area (Å²) >= 11 is 0. The van der Waals surface area contributed by atoms with Gasteiger partial charge >= 0.3 is 0 Å². The number of methoxy groups -OCH3 is 2. The fraction of sp³-hybridized carbons (Fsp3) is 0.409. The third kappa shape index (κ3) is 6.62. The van der Waals surface area contributed by atoms with Crippen LogP contribution in [0.1, 0.15) is 18.9 Å². The van der Waals surface area contributed by atoms with Crippen molar-refractivity contribution in [2.75, 3.05) is 38.8 Å². The van der Waals surface area contributed by atoms with Gasteiger partial charge in [-0.05, 0) is 13.3 Å². The van der Waals surface area contributed by atoms with Crippen LogP contribution < -0.4 is 25.0 Å². The second-order valence-corrected chi connectivity index (χ2v) is 7.23. The second-order valence-electron chi connectivity index (χ2n) is 7.23. The number of benzene rings is 2. The van der Waals surface area contributed by atoms with E-state index in [9.17, 15) is 10.1 Å². The smallest absolute Gasteiger partial charge is 0.274 e. The van der Waals surface area contributed by atoms with Gasteiger partial charge in [-0.3, -0.25) is 10.1 Å². The molecule has 1 saturated heterocycles. The van der Waals surface area contributed by atoms with Gasteiger partial charge in [-0.25, -0.2) is 4.99 Å². The molecule has 2 N–H and O–H groups in total. The maximum Gasteiger partial charge on any atom is 0.274 e. The van der Waals surface area contributed by atoms with Crippen LogP contribution in [0.25, 0.3) is 0 Å². The number of halogens is 1. The summed E-state index contributed by atoms with van der Waals surface area (Å²) in [7, 11) is 3.28. The Labute approximate surface area is 205 Å². The summed E-state index contributed by atoms with van der Waals surface area (Å²) in [5, 5.41) is 17.9. The Kier molecular flexibility index (Phi) is 9.82. The first-order valence-corrected chi connectivity index (χ1v) is 10.3. The first-order chi connectivity index (χ1) is 15.0. The van der Waals surface area contributed by atoms with E-state index in [-0.39, 0.29) is 47.2 Å². The van der Waals surface area contributed by atoms with Crippen molar-refractivity contribution in [3.05, 3.63) is 58.1 Å². The summed E-state index contributed by atoms with van der Waals surface area (Å²) in [5.41, 5.74) is 1.71. The highest BCUT2D eigenvalue weighted by Crippen LogP contribution is 2.30. The number of nitro benzene ring substituents is 1. The average molecular weight is 555 g/mol. The molecule has 0 saturated carbocycles. The van der Waals surface area contributed by atoms with E-state index in [1.165, 1.54) is 6.07 Å². The van der Waals surface area contributed by atoms with Crippen molar-refractivity contribution in [3.63, 3.8) is 0 Å². The topological polar surface area (TPSA) is 101 Å². The van der Waals surface area contributed by atoms with Crippen molar-refractivity contribution < 1.29 is 14.4 Å². The molecular weight excluding hydrogens is 525 g/mol. The Morgan fingerprint density at radius 2 is 1.91 bits per heavy atom. The molecule has 1 heterocycles. The zero-order chi connectivity index (χ0) is 22.2. The van der Waals surface area contributed by atoms with Crippen molar-refractivity contribution in [1.82, 2.24) is 10.6 Å². The molecule has 9 nitrogen and oxygen atoms in total. The van der Waals surface area contributed by atoms with Crippen LogP contribution in [0, 0.1) is 10.1 Å². The summed E-state index contributed by atoms with van der Waals surface area (Å²) in [6, 6.07) is 12.7. The summed E-state index contributed by atoms with van der Waals surface area (Å²) in [6.07, 6.45) is 0.940. The normalized spacial score (nSPS) is 15.7. The van der Waals surface area contributed by atoms with Crippen LogP contribution in [-0.4, -0.2) is 50.8 Å². The van der Waals surface area contributed by atoms with Gasteiger partial charge in [-0.15, -0.1) is 24.0 Å². The van der Waals surface area contributed by atoms with E-state index >= 15 is 0 Å². The maximum atomic E-state index is 11.2. The lowest BCUT2D eigenvalue weighted by atomic mass is 10.2. The van der Waals surface area contributed by atoms with Crippen molar-refractivity contribution in [2.24, 2.45) is 4.99 Å². The molecule has 0 radical (unpaired) electrons. The highest BCUT2D eigenvalue weighted by molar-refractivity contribution is 14.0. The number of nitrogens with zero attached hydrogens (tertiary/aromatic N) is 3. The van der Waals surface area contributed by atoms with Crippen LogP contribution in [0.4, 0.5) is 11.4 Å². The third-order valence-electron chi connectivity index (χ3n) is 5.17. The number of ether oxygens (including phenoxy) is 2. The predicted octanol–water partition coefficient (Wildman–Crippen LogP) is 3.56. The molecular formula is C22H30IN5O4. The number of hydrogen-bond donors (Lipinski definition) is 2. The quantitative estimate of drug-likeness (QED) is 0.169. The highest BCUT2D eigenvalue weighted by Gasteiger charge is 2.24. The van der Waals surface area contributed by atoms with Gasteiger partial charge in [-0.2, -0.15) is 0 Å². The first-order valence-electron chi connectivity index (χ1n) is 10.3. The second kappa shape index (κ2) is 12.3. The van der Waals surface area contributed by atoms with E-state index < -0.39 is 0 Å². The van der Waals surface area contributed by atoms with Crippen LogP contribution in [0.15, 0.2) is 47.5 Å². The third-order valence-corrected chi connectivity index (χ3v) is 5.17. The Bertz CT molecular complexity index is 918. The molecule has 174 valence electrons. The Hall–Kier alpha value is -2.76. The minimum absolute atomic E-state index is 0. The van der Waals surface area contributed by atoms with Gasteiger partial charge < -0.3 is 25.0 Å². The van der Waals surface area contributed by atoms with E-state index in [1.54, 1.807) is 32.4 Å². The van der Waals surface area contributed by atoms with Crippen LogP contribution >= 0.6 is 24.0 Å². The largest absolute Gasteiger partial charge is 0.497 e. The monoisotopic (exact) mass is 555 g/mol. The number of anilines is 1. The summed E-state index contributed by atoms with van der Waals surface area (Å²) in [5.74, 6) is 2.16. The minimum atomic E-state index is -0.373. The fourth-order valence-corrected chi connectivity index (χ4v) is 3.59. The molecule has 0 amide bonds. The van der Waals surface area contributed by atoms with Gasteiger partial charge in [0.2, 0.25) is 0 Å². The van der Waals surface area contributed by atoms with Crippen molar-refractivity contribution in [1.29, 1.82) is 0 Å². The van der Waals surface area contributed by atoms with E-state index in [1.807, 2.05) is 25.1 Å². The molecule has 3 rings (SSSR count). The molecule has 1 aliphatic heterocycles. The van der Waals surface area contributed by atoms with Gasteiger partial charge in [-0.1, -0.05) is 18.2 Å². The van der Waals surface area contributed by atoms with Gasteiger partial charge in [0.05, 0.1) is 31.3 Å². The molecule has 10 heteroatoms. The van der Waals surface area contributed by atoms with E-state index in [0.717, 1.165) is 36.7 Å². The molecule has 1 aliphatic rings. The maximum absolute atomic E-state index is 11.2. The molecule has 2 aromatic carbocycles. The van der Waals surface area contributed by atoms with Crippen LogP contribution in [0.5, 0.6) is 11.5 Å². The van der Waals surface area contributed by atoms with Gasteiger partial charge in [0, 0.05) is 55.6 Å². The van der Waals surface area contributed by atoms with Crippen LogP contribution in [0.2, 0.25) is 0 Å². The molecule has 0 aromatic heterocycles. The number of hydrogen-bond acceptors (Lipinski definition) is 6. The standard InChI is InChI=1S/C22H29N5O4.HI/c1-4-23-22(24-14-16-7-5-6-8-21(16)27(28)29)25-17-9-10-26(15-17)18-11-19(30-2)13-20(12-18)31-3;/h5-8,11-13,17H,4,9-10,14-15H2,1-3H3,(H2,23,24,25);1H. The zero-order valence-corrected chi connectivity index (χ0v) is 20.9. The van der Waals surface area contributed by atoms with Gasteiger partial charge in [0.15, 0.2) is 5.96 Å². The van der Waals surface area contributed by atoms with E-state index in [4.69, 9.17) is 9.47 Å². The Morgan fingerprint density at radius 1 is 1.22 bits per heavy atom. The Morgan fingerprint density at radius 3 is 2.53 bits per heavy atom. The lowest BCUT2D eigenvalue weighted by molar-refractivity contribution is -0.385. The Balaban J connectivity index is 0.00000363. The predicted molar refractivity (Wildman–Crippen MR) is 137 cm³/mol.